The van der Waals surface area contributed by atoms with Crippen molar-refractivity contribution in [2.24, 2.45) is 0 Å². The number of halogens is 1. The highest BCUT2D eigenvalue weighted by atomic mass is 35.5. The van der Waals surface area contributed by atoms with Gasteiger partial charge in [0, 0.05) is 30.7 Å². The Morgan fingerprint density at radius 2 is 1.91 bits per heavy atom. The molecule has 1 heterocycles. The second kappa shape index (κ2) is 7.75. The molecule has 22 heavy (non-hydrogen) atoms. The molecule has 5 nitrogen and oxygen atoms in total. The van der Waals surface area contributed by atoms with Crippen molar-refractivity contribution in [3.63, 3.8) is 0 Å². The molecule has 0 saturated carbocycles. The largest absolute Gasteiger partial charge is 0.379 e. The van der Waals surface area contributed by atoms with E-state index >= 15 is 0 Å². The van der Waals surface area contributed by atoms with Crippen LogP contribution in [0.1, 0.15) is 25.5 Å². The van der Waals surface area contributed by atoms with Gasteiger partial charge in [0.05, 0.1) is 18.5 Å². The van der Waals surface area contributed by atoms with Crippen molar-refractivity contribution in [3.8, 4) is 0 Å². The number of ether oxygens (including phenoxy) is 1. The van der Waals surface area contributed by atoms with Crippen LogP contribution in [0.3, 0.4) is 0 Å². The lowest BCUT2D eigenvalue weighted by Crippen LogP contribution is -2.44. The molecular formula is C15H23ClN2O3S. The molecule has 1 aliphatic rings. The second-order valence-corrected chi connectivity index (χ2v) is 8.36. The molecule has 0 radical (unpaired) electrons. The predicted molar refractivity (Wildman–Crippen MR) is 88.6 cm³/mol. The third-order valence-electron chi connectivity index (χ3n) is 3.85. The van der Waals surface area contributed by atoms with Crippen molar-refractivity contribution in [1.29, 1.82) is 0 Å². The van der Waals surface area contributed by atoms with Crippen LogP contribution in [-0.2, 0) is 14.8 Å². The average molecular weight is 347 g/mol. The molecule has 0 amide bonds. The van der Waals surface area contributed by atoms with Crippen molar-refractivity contribution in [3.05, 3.63) is 34.9 Å². The van der Waals surface area contributed by atoms with Crippen molar-refractivity contribution in [2.45, 2.75) is 25.1 Å². The lowest BCUT2D eigenvalue weighted by Gasteiger charge is -2.35. The maximum Gasteiger partial charge on any atom is 0.213 e. The van der Waals surface area contributed by atoms with E-state index in [4.69, 9.17) is 16.3 Å². The molecule has 7 heteroatoms. The molecular weight excluding hydrogens is 324 g/mol. The molecule has 0 bridgehead atoms. The van der Waals surface area contributed by atoms with Gasteiger partial charge in [-0.15, -0.1) is 0 Å². The van der Waals surface area contributed by atoms with E-state index in [2.05, 4.69) is 9.62 Å². The zero-order valence-electron chi connectivity index (χ0n) is 13.0. The average Bonchev–Trinajstić information content (AvgIpc) is 2.50. The number of hydrogen-bond donors (Lipinski definition) is 1. The molecule has 1 aromatic carbocycles. The maximum absolute atomic E-state index is 12.0. The first kappa shape index (κ1) is 17.7. The number of nitrogens with one attached hydrogen (secondary N) is 1. The third-order valence-corrected chi connectivity index (χ3v) is 6.00. The van der Waals surface area contributed by atoms with Crippen LogP contribution in [0, 0.1) is 0 Å². The van der Waals surface area contributed by atoms with Crippen LogP contribution in [0.4, 0.5) is 0 Å². The number of rotatable bonds is 6. The van der Waals surface area contributed by atoms with Gasteiger partial charge >= 0.3 is 0 Å². The fourth-order valence-corrected chi connectivity index (χ4v) is 3.42. The SMILES string of the molecule is CC(C)S(=O)(=O)NCC(c1ccccc1Cl)N1CCOCC1. The lowest BCUT2D eigenvalue weighted by molar-refractivity contribution is 0.0172. The van der Waals surface area contributed by atoms with Crippen LogP contribution in [0.25, 0.3) is 0 Å². The van der Waals surface area contributed by atoms with Crippen molar-refractivity contribution in [2.75, 3.05) is 32.8 Å². The highest BCUT2D eigenvalue weighted by molar-refractivity contribution is 7.90. The summed E-state index contributed by atoms with van der Waals surface area (Å²) in [4.78, 5) is 2.22. The molecule has 1 fully saturated rings. The zero-order chi connectivity index (χ0) is 16.2. The van der Waals surface area contributed by atoms with Gasteiger partial charge in [0.1, 0.15) is 0 Å². The van der Waals surface area contributed by atoms with E-state index in [9.17, 15) is 8.42 Å². The molecule has 0 aliphatic carbocycles. The number of hydrogen-bond acceptors (Lipinski definition) is 4. The summed E-state index contributed by atoms with van der Waals surface area (Å²) in [6.07, 6.45) is 0. The Morgan fingerprint density at radius 3 is 2.50 bits per heavy atom. The van der Waals surface area contributed by atoms with E-state index in [0.717, 1.165) is 18.7 Å². The van der Waals surface area contributed by atoms with Gasteiger partial charge in [-0.05, 0) is 25.5 Å². The van der Waals surface area contributed by atoms with E-state index in [-0.39, 0.29) is 6.04 Å². The van der Waals surface area contributed by atoms with Gasteiger partial charge in [-0.1, -0.05) is 29.8 Å². The maximum atomic E-state index is 12.0. The van der Waals surface area contributed by atoms with Crippen molar-refractivity contribution >= 4 is 21.6 Å². The fourth-order valence-electron chi connectivity index (χ4n) is 2.43. The smallest absolute Gasteiger partial charge is 0.213 e. The molecule has 1 N–H and O–H groups in total. The Balaban J connectivity index is 2.20. The monoisotopic (exact) mass is 346 g/mol. The Hall–Kier alpha value is -0.660. The summed E-state index contributed by atoms with van der Waals surface area (Å²) >= 11 is 6.32. The minimum Gasteiger partial charge on any atom is -0.379 e. The standard InChI is InChI=1S/C15H23ClN2O3S/c1-12(2)22(19,20)17-11-15(18-7-9-21-10-8-18)13-5-3-4-6-14(13)16/h3-6,12,15,17H,7-11H2,1-2H3. The number of morpholine rings is 1. The number of nitrogens with zero attached hydrogens (tertiary/aromatic N) is 1. The molecule has 1 atom stereocenters. The minimum atomic E-state index is -3.30. The van der Waals surface area contributed by atoms with Crippen LogP contribution in [0.5, 0.6) is 0 Å². The van der Waals surface area contributed by atoms with Crippen LogP contribution >= 0.6 is 11.6 Å². The molecule has 1 aromatic rings. The Bertz CT molecular complexity index is 586. The molecule has 1 saturated heterocycles. The second-order valence-electron chi connectivity index (χ2n) is 5.63. The molecule has 2 rings (SSSR count). The van der Waals surface area contributed by atoms with E-state index in [0.29, 0.717) is 24.8 Å². The third kappa shape index (κ3) is 4.43. The Morgan fingerprint density at radius 1 is 1.27 bits per heavy atom. The summed E-state index contributed by atoms with van der Waals surface area (Å²) in [5.74, 6) is 0. The Kier molecular flexibility index (Phi) is 6.23. The van der Waals surface area contributed by atoms with Gasteiger partial charge in [0.2, 0.25) is 10.0 Å². The van der Waals surface area contributed by atoms with Crippen LogP contribution in [0.2, 0.25) is 5.02 Å². The van der Waals surface area contributed by atoms with Gasteiger partial charge in [-0.3, -0.25) is 4.90 Å². The van der Waals surface area contributed by atoms with Crippen molar-refractivity contribution in [1.82, 2.24) is 9.62 Å². The van der Waals surface area contributed by atoms with Gasteiger partial charge in [0.15, 0.2) is 0 Å². The van der Waals surface area contributed by atoms with E-state index in [1.54, 1.807) is 13.8 Å². The zero-order valence-corrected chi connectivity index (χ0v) is 14.5. The first-order chi connectivity index (χ1) is 10.4. The van der Waals surface area contributed by atoms with E-state index in [1.165, 1.54) is 0 Å². The molecule has 0 spiro atoms. The topological polar surface area (TPSA) is 58.6 Å². The van der Waals surface area contributed by atoms with Crippen molar-refractivity contribution < 1.29 is 13.2 Å². The van der Waals surface area contributed by atoms with Crippen LogP contribution in [-0.4, -0.2) is 51.4 Å². The summed E-state index contributed by atoms with van der Waals surface area (Å²) < 4.78 is 32.2. The molecule has 0 aromatic heterocycles. The normalized spacial score (nSPS) is 18.5. The van der Waals surface area contributed by atoms with Crippen LogP contribution < -0.4 is 4.72 Å². The number of sulfonamides is 1. The summed E-state index contributed by atoms with van der Waals surface area (Å²) in [5, 5.41) is 0.201. The summed E-state index contributed by atoms with van der Waals surface area (Å²) in [6, 6.07) is 7.49. The van der Waals surface area contributed by atoms with Gasteiger partial charge in [0.25, 0.3) is 0 Å². The van der Waals surface area contributed by atoms with Gasteiger partial charge in [-0.2, -0.15) is 0 Å². The fraction of sp³-hybridized carbons (Fsp3) is 0.600. The molecule has 1 aliphatic heterocycles. The first-order valence-electron chi connectivity index (χ1n) is 7.46. The van der Waals surface area contributed by atoms with Crippen LogP contribution in [0.15, 0.2) is 24.3 Å². The summed E-state index contributed by atoms with van der Waals surface area (Å²) in [5.41, 5.74) is 0.942. The first-order valence-corrected chi connectivity index (χ1v) is 9.39. The highest BCUT2D eigenvalue weighted by Crippen LogP contribution is 2.28. The minimum absolute atomic E-state index is 0.0916. The molecule has 124 valence electrons. The van der Waals surface area contributed by atoms with E-state index in [1.807, 2.05) is 24.3 Å². The lowest BCUT2D eigenvalue weighted by atomic mass is 10.0. The highest BCUT2D eigenvalue weighted by Gasteiger charge is 2.26. The number of benzene rings is 1. The predicted octanol–water partition coefficient (Wildman–Crippen LogP) is 2.04. The summed E-state index contributed by atoms with van der Waals surface area (Å²) in [6.45, 7) is 6.47. The van der Waals surface area contributed by atoms with Gasteiger partial charge in [-0.25, -0.2) is 13.1 Å². The van der Waals surface area contributed by atoms with E-state index < -0.39 is 15.3 Å². The molecule has 1 unspecified atom stereocenters. The van der Waals surface area contributed by atoms with Gasteiger partial charge < -0.3 is 4.74 Å². The quantitative estimate of drug-likeness (QED) is 0.856. The Labute approximate surface area is 137 Å². The summed E-state index contributed by atoms with van der Waals surface area (Å²) in [7, 11) is -3.30.